The molecule has 0 aromatic heterocycles. The maximum Gasteiger partial charge on any atom is 0.171 e. The van der Waals surface area contributed by atoms with Gasteiger partial charge in [-0.2, -0.15) is 0 Å². The molecule has 4 heteroatoms. The second-order valence-corrected chi connectivity index (χ2v) is 5.27. The first-order chi connectivity index (χ1) is 10.1. The number of hydrogen-bond donors (Lipinski definition) is 2. The van der Waals surface area contributed by atoms with Gasteiger partial charge in [0.05, 0.1) is 11.7 Å². The predicted molar refractivity (Wildman–Crippen MR) is 77.9 cm³/mol. The lowest BCUT2D eigenvalue weighted by Gasteiger charge is -2.11. The van der Waals surface area contributed by atoms with Crippen molar-refractivity contribution in [1.29, 1.82) is 0 Å². The van der Waals surface area contributed by atoms with Gasteiger partial charge in [0.25, 0.3) is 0 Å². The number of ketones is 1. The maximum atomic E-state index is 12.4. The highest BCUT2D eigenvalue weighted by Gasteiger charge is 2.26. The Bertz CT molecular complexity index is 674. The third-order valence-electron chi connectivity index (χ3n) is 3.36. The van der Waals surface area contributed by atoms with Gasteiger partial charge >= 0.3 is 0 Å². The van der Waals surface area contributed by atoms with E-state index in [0.717, 1.165) is 18.4 Å². The number of aromatic hydroxyl groups is 2. The summed E-state index contributed by atoms with van der Waals surface area (Å²) in [6.45, 7) is 0. The Kier molecular flexibility index (Phi) is 3.52. The first-order valence-corrected chi connectivity index (χ1v) is 6.92. The van der Waals surface area contributed by atoms with E-state index in [0.29, 0.717) is 11.3 Å². The Morgan fingerprint density at radius 1 is 1.10 bits per heavy atom. The van der Waals surface area contributed by atoms with Crippen LogP contribution in [0.1, 0.15) is 28.8 Å². The Labute approximate surface area is 122 Å². The lowest BCUT2D eigenvalue weighted by atomic mass is 10.0. The van der Waals surface area contributed by atoms with E-state index in [1.54, 1.807) is 30.3 Å². The summed E-state index contributed by atoms with van der Waals surface area (Å²) in [5.74, 6) is 0.538. The zero-order chi connectivity index (χ0) is 14.8. The van der Waals surface area contributed by atoms with Crippen molar-refractivity contribution in [1.82, 2.24) is 0 Å². The minimum atomic E-state index is -0.146. The van der Waals surface area contributed by atoms with E-state index in [1.165, 1.54) is 12.1 Å². The van der Waals surface area contributed by atoms with Crippen LogP contribution < -0.4 is 4.74 Å². The number of hydrogen-bond acceptors (Lipinski definition) is 4. The van der Waals surface area contributed by atoms with Crippen LogP contribution in [-0.2, 0) is 6.42 Å². The topological polar surface area (TPSA) is 66.8 Å². The molecular formula is C17H16O4. The van der Waals surface area contributed by atoms with Gasteiger partial charge in [-0.3, -0.25) is 4.79 Å². The second-order valence-electron chi connectivity index (χ2n) is 5.27. The average molecular weight is 284 g/mol. The molecule has 1 aliphatic carbocycles. The number of phenols is 2. The zero-order valence-corrected chi connectivity index (χ0v) is 11.5. The Hall–Kier alpha value is -2.49. The van der Waals surface area contributed by atoms with Crippen molar-refractivity contribution < 1.29 is 19.7 Å². The minimum Gasteiger partial charge on any atom is -0.508 e. The van der Waals surface area contributed by atoms with Gasteiger partial charge in [0.1, 0.15) is 17.2 Å². The summed E-state index contributed by atoms with van der Waals surface area (Å²) in [7, 11) is 0. The molecule has 0 atom stereocenters. The molecule has 0 radical (unpaired) electrons. The van der Waals surface area contributed by atoms with Crippen molar-refractivity contribution in [3.05, 3.63) is 53.6 Å². The van der Waals surface area contributed by atoms with Crippen LogP contribution in [0.2, 0.25) is 0 Å². The Balaban J connectivity index is 1.84. The van der Waals surface area contributed by atoms with Crippen molar-refractivity contribution in [2.45, 2.75) is 25.4 Å². The smallest absolute Gasteiger partial charge is 0.171 e. The molecule has 108 valence electrons. The highest BCUT2D eigenvalue weighted by molar-refractivity contribution is 6.00. The molecule has 21 heavy (non-hydrogen) atoms. The van der Waals surface area contributed by atoms with E-state index >= 15 is 0 Å². The Morgan fingerprint density at radius 3 is 2.57 bits per heavy atom. The fourth-order valence-corrected chi connectivity index (χ4v) is 2.15. The number of phenolic OH excluding ortho intramolecular Hbond substituents is 2. The highest BCUT2D eigenvalue weighted by Crippen LogP contribution is 2.31. The predicted octanol–water partition coefficient (Wildman–Crippen LogP) is 3.06. The van der Waals surface area contributed by atoms with Gasteiger partial charge in [-0.25, -0.2) is 0 Å². The van der Waals surface area contributed by atoms with Crippen molar-refractivity contribution in [2.24, 2.45) is 0 Å². The first kappa shape index (κ1) is 13.5. The van der Waals surface area contributed by atoms with Gasteiger partial charge in [-0.1, -0.05) is 12.1 Å². The molecule has 4 nitrogen and oxygen atoms in total. The normalized spacial score (nSPS) is 13.9. The number of rotatable bonds is 5. The summed E-state index contributed by atoms with van der Waals surface area (Å²) >= 11 is 0. The molecule has 2 aromatic rings. The van der Waals surface area contributed by atoms with Crippen molar-refractivity contribution >= 4 is 5.78 Å². The van der Waals surface area contributed by atoms with Crippen LogP contribution in [-0.4, -0.2) is 22.1 Å². The van der Waals surface area contributed by atoms with Gasteiger partial charge in [-0.05, 0) is 48.7 Å². The molecule has 0 saturated heterocycles. The molecule has 3 rings (SSSR count). The van der Waals surface area contributed by atoms with Crippen molar-refractivity contribution in [3.63, 3.8) is 0 Å². The minimum absolute atomic E-state index is 0.0393. The standard InChI is InChI=1S/C17H16O4/c18-12-3-1-2-11(8-12)9-16(20)15-10-13(19)4-7-17(15)21-14-5-6-14/h1-4,7-8,10,14,18-19H,5-6,9H2. The fraction of sp³-hybridized carbons (Fsp3) is 0.235. The van der Waals surface area contributed by atoms with E-state index in [-0.39, 0.29) is 29.8 Å². The summed E-state index contributed by atoms with van der Waals surface area (Å²) in [4.78, 5) is 12.4. The molecule has 0 bridgehead atoms. The van der Waals surface area contributed by atoms with Crippen molar-refractivity contribution in [3.8, 4) is 17.2 Å². The van der Waals surface area contributed by atoms with Gasteiger partial charge < -0.3 is 14.9 Å². The summed E-state index contributed by atoms with van der Waals surface area (Å²) < 4.78 is 5.71. The van der Waals surface area contributed by atoms with Crippen LogP contribution in [0.25, 0.3) is 0 Å². The summed E-state index contributed by atoms with van der Waals surface area (Å²) in [5, 5.41) is 19.0. The summed E-state index contributed by atoms with van der Waals surface area (Å²) in [6.07, 6.45) is 2.34. The molecule has 1 fully saturated rings. The fourth-order valence-electron chi connectivity index (χ4n) is 2.15. The van der Waals surface area contributed by atoms with Gasteiger partial charge in [-0.15, -0.1) is 0 Å². The monoisotopic (exact) mass is 284 g/mol. The molecule has 0 aliphatic heterocycles. The van der Waals surface area contributed by atoms with E-state index in [1.807, 2.05) is 0 Å². The molecular weight excluding hydrogens is 268 g/mol. The van der Waals surface area contributed by atoms with Crippen LogP contribution in [0.3, 0.4) is 0 Å². The molecule has 0 heterocycles. The molecule has 0 unspecified atom stereocenters. The number of benzene rings is 2. The van der Waals surface area contributed by atoms with Gasteiger partial charge in [0.15, 0.2) is 5.78 Å². The van der Waals surface area contributed by atoms with E-state index in [4.69, 9.17) is 4.74 Å². The van der Waals surface area contributed by atoms with Crippen LogP contribution in [0, 0.1) is 0 Å². The van der Waals surface area contributed by atoms with Crippen LogP contribution in [0.5, 0.6) is 17.2 Å². The van der Waals surface area contributed by atoms with E-state index in [2.05, 4.69) is 0 Å². The van der Waals surface area contributed by atoms with Gasteiger partial charge in [0.2, 0.25) is 0 Å². The Morgan fingerprint density at radius 2 is 1.86 bits per heavy atom. The van der Waals surface area contributed by atoms with E-state index in [9.17, 15) is 15.0 Å². The first-order valence-electron chi connectivity index (χ1n) is 6.92. The lowest BCUT2D eigenvalue weighted by molar-refractivity contribution is 0.0988. The number of ether oxygens (including phenoxy) is 1. The van der Waals surface area contributed by atoms with Crippen LogP contribution >= 0.6 is 0 Å². The van der Waals surface area contributed by atoms with Crippen LogP contribution in [0.15, 0.2) is 42.5 Å². The molecule has 2 N–H and O–H groups in total. The number of carbonyl (C=O) groups is 1. The van der Waals surface area contributed by atoms with Crippen molar-refractivity contribution in [2.75, 3.05) is 0 Å². The molecule has 0 spiro atoms. The SMILES string of the molecule is O=C(Cc1cccc(O)c1)c1cc(O)ccc1OC1CC1. The summed E-state index contributed by atoms with van der Waals surface area (Å²) in [6, 6.07) is 11.2. The third kappa shape index (κ3) is 3.34. The quantitative estimate of drug-likeness (QED) is 0.828. The average Bonchev–Trinajstić information content (AvgIpc) is 3.25. The second kappa shape index (κ2) is 5.48. The zero-order valence-electron chi connectivity index (χ0n) is 11.5. The number of carbonyl (C=O) groups excluding carboxylic acids is 1. The van der Waals surface area contributed by atoms with Gasteiger partial charge in [0, 0.05) is 6.42 Å². The lowest BCUT2D eigenvalue weighted by Crippen LogP contribution is -2.08. The molecule has 0 amide bonds. The van der Waals surface area contributed by atoms with Crippen LogP contribution in [0.4, 0.5) is 0 Å². The maximum absolute atomic E-state index is 12.4. The molecule has 1 aliphatic rings. The van der Waals surface area contributed by atoms with E-state index < -0.39 is 0 Å². The largest absolute Gasteiger partial charge is 0.508 e. The third-order valence-corrected chi connectivity index (χ3v) is 3.36. The highest BCUT2D eigenvalue weighted by atomic mass is 16.5. The molecule has 2 aromatic carbocycles. The number of Topliss-reactive ketones (excluding diaryl/α,β-unsaturated/α-hetero) is 1. The molecule has 1 saturated carbocycles. The summed E-state index contributed by atoms with van der Waals surface area (Å²) in [5.41, 5.74) is 1.10.